The Morgan fingerprint density at radius 3 is 2.65 bits per heavy atom. The standard InChI is InChI=1S/C19H17FN4O2/c1-21-12-13-3-2-4-15(11-13)22-19(26)18-17(25)9-10-24(23-18)16-7-5-14(20)6-8-16/h2-11,21H,12H2,1H3,(H,22,26). The molecule has 0 unspecified atom stereocenters. The maximum atomic E-state index is 13.1. The number of nitrogens with one attached hydrogen (secondary N) is 2. The van der Waals surface area contributed by atoms with Gasteiger partial charge in [0.2, 0.25) is 5.43 Å². The molecule has 0 spiro atoms. The number of halogens is 1. The summed E-state index contributed by atoms with van der Waals surface area (Å²) >= 11 is 0. The predicted molar refractivity (Wildman–Crippen MR) is 97.0 cm³/mol. The van der Waals surface area contributed by atoms with E-state index in [1.165, 1.54) is 41.2 Å². The Balaban J connectivity index is 1.87. The van der Waals surface area contributed by atoms with Crippen LogP contribution in [0, 0.1) is 5.82 Å². The van der Waals surface area contributed by atoms with Gasteiger partial charge in [-0.1, -0.05) is 12.1 Å². The van der Waals surface area contributed by atoms with Crippen molar-refractivity contribution < 1.29 is 9.18 Å². The average molecular weight is 352 g/mol. The van der Waals surface area contributed by atoms with Crippen LogP contribution in [0.4, 0.5) is 10.1 Å². The smallest absolute Gasteiger partial charge is 0.280 e. The molecule has 0 radical (unpaired) electrons. The van der Waals surface area contributed by atoms with E-state index in [9.17, 15) is 14.0 Å². The van der Waals surface area contributed by atoms with Crippen LogP contribution in [0.1, 0.15) is 16.1 Å². The van der Waals surface area contributed by atoms with Crippen molar-refractivity contribution in [1.82, 2.24) is 15.1 Å². The first-order valence-electron chi connectivity index (χ1n) is 7.97. The molecule has 0 aliphatic carbocycles. The topological polar surface area (TPSA) is 76.0 Å². The Morgan fingerprint density at radius 1 is 1.15 bits per heavy atom. The highest BCUT2D eigenvalue weighted by Gasteiger charge is 2.14. The molecule has 3 aromatic rings. The average Bonchev–Trinajstić information content (AvgIpc) is 2.63. The van der Waals surface area contributed by atoms with Gasteiger partial charge in [-0.25, -0.2) is 9.07 Å². The molecule has 0 saturated carbocycles. The molecule has 0 bridgehead atoms. The van der Waals surface area contributed by atoms with Crippen molar-refractivity contribution in [3.8, 4) is 5.69 Å². The third-order valence-electron chi connectivity index (χ3n) is 3.68. The van der Waals surface area contributed by atoms with Crippen LogP contribution in [0.3, 0.4) is 0 Å². The van der Waals surface area contributed by atoms with Gasteiger partial charge in [0.15, 0.2) is 5.69 Å². The lowest BCUT2D eigenvalue weighted by Crippen LogP contribution is -2.25. The third-order valence-corrected chi connectivity index (χ3v) is 3.68. The maximum absolute atomic E-state index is 13.1. The predicted octanol–water partition coefficient (Wildman–Crippen LogP) is 2.34. The second kappa shape index (κ2) is 7.71. The molecule has 0 aliphatic heterocycles. The van der Waals surface area contributed by atoms with E-state index in [1.54, 1.807) is 6.07 Å². The fourth-order valence-electron chi connectivity index (χ4n) is 2.46. The zero-order valence-corrected chi connectivity index (χ0v) is 14.1. The fraction of sp³-hybridized carbons (Fsp3) is 0.105. The Labute approximate surface area is 149 Å². The lowest BCUT2D eigenvalue weighted by molar-refractivity contribution is 0.101. The lowest BCUT2D eigenvalue weighted by atomic mass is 10.2. The van der Waals surface area contributed by atoms with E-state index < -0.39 is 11.3 Å². The third kappa shape index (κ3) is 4.01. The van der Waals surface area contributed by atoms with Gasteiger partial charge < -0.3 is 10.6 Å². The van der Waals surface area contributed by atoms with Crippen molar-refractivity contribution in [2.24, 2.45) is 0 Å². The zero-order valence-electron chi connectivity index (χ0n) is 14.1. The number of benzene rings is 2. The first-order chi connectivity index (χ1) is 12.6. The van der Waals surface area contributed by atoms with Crippen LogP contribution >= 0.6 is 0 Å². The van der Waals surface area contributed by atoms with Crippen LogP contribution in [-0.4, -0.2) is 22.7 Å². The summed E-state index contributed by atoms with van der Waals surface area (Å²) in [6, 6.07) is 14.1. The first-order valence-corrected chi connectivity index (χ1v) is 7.97. The zero-order chi connectivity index (χ0) is 18.5. The molecule has 6 nitrogen and oxygen atoms in total. The molecular weight excluding hydrogens is 335 g/mol. The highest BCUT2D eigenvalue weighted by Crippen LogP contribution is 2.12. The number of hydrogen-bond donors (Lipinski definition) is 2. The van der Waals surface area contributed by atoms with Crippen molar-refractivity contribution in [1.29, 1.82) is 0 Å². The molecule has 2 aromatic carbocycles. The highest BCUT2D eigenvalue weighted by atomic mass is 19.1. The summed E-state index contributed by atoms with van der Waals surface area (Å²) in [5.74, 6) is -0.984. The molecule has 26 heavy (non-hydrogen) atoms. The Kier molecular flexibility index (Phi) is 5.19. The molecule has 0 atom stereocenters. The van der Waals surface area contributed by atoms with Crippen molar-refractivity contribution in [2.75, 3.05) is 12.4 Å². The summed E-state index contributed by atoms with van der Waals surface area (Å²) in [4.78, 5) is 24.5. The number of carbonyl (C=O) groups is 1. The first kappa shape index (κ1) is 17.5. The summed E-state index contributed by atoms with van der Waals surface area (Å²) in [7, 11) is 1.83. The van der Waals surface area contributed by atoms with E-state index in [1.807, 2.05) is 25.2 Å². The SMILES string of the molecule is CNCc1cccc(NC(=O)c2nn(-c3ccc(F)cc3)ccc2=O)c1. The van der Waals surface area contributed by atoms with Gasteiger partial charge >= 0.3 is 0 Å². The van der Waals surface area contributed by atoms with Crippen LogP contribution in [0.5, 0.6) is 0 Å². The minimum atomic E-state index is -0.604. The molecule has 1 aromatic heterocycles. The number of nitrogens with zero attached hydrogens (tertiary/aromatic N) is 2. The summed E-state index contributed by atoms with van der Waals surface area (Å²) in [6.45, 7) is 0.657. The Bertz CT molecular complexity index is 983. The van der Waals surface area contributed by atoms with Gasteiger partial charge in [-0.3, -0.25) is 9.59 Å². The molecule has 1 heterocycles. The monoisotopic (exact) mass is 352 g/mol. The van der Waals surface area contributed by atoms with Crippen LogP contribution < -0.4 is 16.1 Å². The van der Waals surface area contributed by atoms with Gasteiger partial charge in [0.25, 0.3) is 5.91 Å². The molecule has 2 N–H and O–H groups in total. The number of anilines is 1. The van der Waals surface area contributed by atoms with Crippen molar-refractivity contribution in [3.63, 3.8) is 0 Å². The molecular formula is C19H17FN4O2. The molecule has 7 heteroatoms. The van der Waals surface area contributed by atoms with Crippen LogP contribution in [0.25, 0.3) is 5.69 Å². The van der Waals surface area contributed by atoms with Crippen molar-refractivity contribution in [2.45, 2.75) is 6.54 Å². The molecule has 1 amide bonds. The molecule has 0 fully saturated rings. The minimum absolute atomic E-state index is 0.240. The number of rotatable bonds is 5. The van der Waals surface area contributed by atoms with Crippen LogP contribution in [0.15, 0.2) is 65.6 Å². The van der Waals surface area contributed by atoms with E-state index in [4.69, 9.17) is 0 Å². The van der Waals surface area contributed by atoms with Crippen molar-refractivity contribution >= 4 is 11.6 Å². The van der Waals surface area contributed by atoms with Gasteiger partial charge in [0.1, 0.15) is 5.82 Å². The molecule has 3 rings (SSSR count). The van der Waals surface area contributed by atoms with E-state index in [2.05, 4.69) is 15.7 Å². The van der Waals surface area contributed by atoms with Crippen molar-refractivity contribution in [3.05, 3.63) is 88.1 Å². The lowest BCUT2D eigenvalue weighted by Gasteiger charge is -2.09. The van der Waals surface area contributed by atoms with E-state index in [0.717, 1.165) is 5.56 Å². The quantitative estimate of drug-likeness (QED) is 0.739. The Hall–Kier alpha value is -3.32. The van der Waals surface area contributed by atoms with Crippen LogP contribution in [0.2, 0.25) is 0 Å². The van der Waals surface area contributed by atoms with E-state index in [0.29, 0.717) is 17.9 Å². The van der Waals surface area contributed by atoms with Gasteiger partial charge in [-0.2, -0.15) is 5.10 Å². The highest BCUT2D eigenvalue weighted by molar-refractivity contribution is 6.02. The fourth-order valence-corrected chi connectivity index (χ4v) is 2.46. The van der Waals surface area contributed by atoms with Gasteiger partial charge in [-0.15, -0.1) is 0 Å². The molecule has 0 saturated heterocycles. The Morgan fingerprint density at radius 2 is 1.92 bits per heavy atom. The van der Waals surface area contributed by atoms with Gasteiger partial charge in [-0.05, 0) is 49.0 Å². The maximum Gasteiger partial charge on any atom is 0.280 e. The number of aromatic nitrogens is 2. The normalized spacial score (nSPS) is 10.5. The molecule has 132 valence electrons. The number of amides is 1. The summed E-state index contributed by atoms with van der Waals surface area (Å²) in [5.41, 5.74) is 1.37. The van der Waals surface area contributed by atoms with E-state index >= 15 is 0 Å². The largest absolute Gasteiger partial charge is 0.320 e. The second-order valence-electron chi connectivity index (χ2n) is 5.63. The minimum Gasteiger partial charge on any atom is -0.320 e. The second-order valence-corrected chi connectivity index (χ2v) is 5.63. The summed E-state index contributed by atoms with van der Waals surface area (Å²) in [6.07, 6.45) is 1.43. The van der Waals surface area contributed by atoms with Gasteiger partial charge in [0.05, 0.1) is 5.69 Å². The number of hydrogen-bond acceptors (Lipinski definition) is 4. The van der Waals surface area contributed by atoms with E-state index in [-0.39, 0.29) is 11.5 Å². The van der Waals surface area contributed by atoms with Crippen LogP contribution in [-0.2, 0) is 6.54 Å². The van der Waals surface area contributed by atoms with Gasteiger partial charge in [0, 0.05) is 24.5 Å². The molecule has 0 aliphatic rings. The summed E-state index contributed by atoms with van der Waals surface area (Å²) < 4.78 is 14.4. The number of carbonyl (C=O) groups excluding carboxylic acids is 1. The summed E-state index contributed by atoms with van der Waals surface area (Å²) in [5, 5.41) is 9.80.